The number of esters is 1. The van der Waals surface area contributed by atoms with Crippen LogP contribution < -0.4 is 5.73 Å². The zero-order valence-corrected chi connectivity index (χ0v) is 9.43. The van der Waals surface area contributed by atoms with Gasteiger partial charge in [0.25, 0.3) is 0 Å². The number of aromatic nitrogens is 3. The van der Waals surface area contributed by atoms with Gasteiger partial charge in [0.2, 0.25) is 5.28 Å². The van der Waals surface area contributed by atoms with Crippen LogP contribution in [0.15, 0.2) is 0 Å². The number of carbonyl (C=O) groups excluding carboxylic acids is 1. The Hall–Kier alpha value is -1.21. The van der Waals surface area contributed by atoms with Gasteiger partial charge in [0.1, 0.15) is 5.82 Å². The number of H-pyrrole nitrogens is 1. The van der Waals surface area contributed by atoms with Crippen molar-refractivity contribution in [3.8, 4) is 0 Å². The molecule has 1 aromatic heterocycles. The molecule has 0 bridgehead atoms. The molecule has 3 N–H and O–H groups in total. The first-order chi connectivity index (χ1) is 7.06. The van der Waals surface area contributed by atoms with Gasteiger partial charge in [0.15, 0.2) is 5.92 Å². The van der Waals surface area contributed by atoms with Gasteiger partial charge < -0.3 is 10.5 Å². The SMILES string of the molecule is CCOC(=O)C(C(N)=S)c1nc(Cl)n[nH]1. The van der Waals surface area contributed by atoms with E-state index in [0.717, 1.165) is 0 Å². The van der Waals surface area contributed by atoms with Gasteiger partial charge >= 0.3 is 5.97 Å². The van der Waals surface area contributed by atoms with Crippen LogP contribution in [0.1, 0.15) is 18.7 Å². The van der Waals surface area contributed by atoms with E-state index >= 15 is 0 Å². The number of nitrogens with one attached hydrogen (secondary N) is 1. The van der Waals surface area contributed by atoms with Gasteiger partial charge in [0.05, 0.1) is 11.6 Å². The molecule has 1 aromatic rings. The summed E-state index contributed by atoms with van der Waals surface area (Å²) in [6, 6.07) is 0. The summed E-state index contributed by atoms with van der Waals surface area (Å²) < 4.78 is 4.79. The topological polar surface area (TPSA) is 93.9 Å². The molecule has 1 heterocycles. The van der Waals surface area contributed by atoms with E-state index in [-0.39, 0.29) is 22.7 Å². The van der Waals surface area contributed by atoms with Crippen molar-refractivity contribution in [1.29, 1.82) is 0 Å². The molecule has 0 aromatic carbocycles. The lowest BCUT2D eigenvalue weighted by Gasteiger charge is -2.10. The minimum absolute atomic E-state index is 0.00412. The van der Waals surface area contributed by atoms with Gasteiger partial charge in [-0.05, 0) is 18.5 Å². The molecule has 0 aliphatic heterocycles. The van der Waals surface area contributed by atoms with Gasteiger partial charge in [-0.1, -0.05) is 12.2 Å². The number of ether oxygens (including phenoxy) is 1. The first-order valence-corrected chi connectivity index (χ1v) is 4.88. The lowest BCUT2D eigenvalue weighted by molar-refractivity contribution is -0.143. The summed E-state index contributed by atoms with van der Waals surface area (Å²) in [4.78, 5) is 15.2. The summed E-state index contributed by atoms with van der Waals surface area (Å²) >= 11 is 10.2. The van der Waals surface area contributed by atoms with E-state index in [1.165, 1.54) is 0 Å². The maximum Gasteiger partial charge on any atom is 0.323 e. The van der Waals surface area contributed by atoms with Crippen LogP contribution in [-0.2, 0) is 9.53 Å². The normalized spacial score (nSPS) is 12.1. The highest BCUT2D eigenvalue weighted by molar-refractivity contribution is 7.80. The molecule has 8 heteroatoms. The van der Waals surface area contributed by atoms with Gasteiger partial charge in [0, 0.05) is 0 Å². The van der Waals surface area contributed by atoms with Gasteiger partial charge in [-0.15, -0.1) is 5.10 Å². The van der Waals surface area contributed by atoms with Crippen molar-refractivity contribution in [3.05, 3.63) is 11.1 Å². The molecule has 0 aliphatic carbocycles. The lowest BCUT2D eigenvalue weighted by atomic mass is 10.1. The lowest BCUT2D eigenvalue weighted by Crippen LogP contribution is -2.29. The minimum atomic E-state index is -0.931. The van der Waals surface area contributed by atoms with Crippen LogP contribution in [-0.4, -0.2) is 32.7 Å². The Morgan fingerprint density at radius 2 is 2.47 bits per heavy atom. The molecule has 1 rings (SSSR count). The highest BCUT2D eigenvalue weighted by atomic mass is 35.5. The molecule has 0 radical (unpaired) electrons. The molecule has 0 fully saturated rings. The monoisotopic (exact) mass is 248 g/mol. The zero-order valence-electron chi connectivity index (χ0n) is 7.86. The van der Waals surface area contributed by atoms with Crippen molar-refractivity contribution >= 4 is 34.8 Å². The predicted octanol–water partition coefficient (Wildman–Crippen LogP) is 0.391. The van der Waals surface area contributed by atoms with Crippen LogP contribution in [0.5, 0.6) is 0 Å². The third kappa shape index (κ3) is 2.87. The number of aromatic amines is 1. The first kappa shape index (κ1) is 11.9. The van der Waals surface area contributed by atoms with Crippen LogP contribution in [0.2, 0.25) is 5.28 Å². The highest BCUT2D eigenvalue weighted by Gasteiger charge is 2.28. The third-order valence-electron chi connectivity index (χ3n) is 1.56. The summed E-state index contributed by atoms with van der Waals surface area (Å²) in [5, 5.41) is 6.03. The molecule has 6 nitrogen and oxygen atoms in total. The molecule has 0 saturated heterocycles. The van der Waals surface area contributed by atoms with E-state index in [1.54, 1.807) is 6.92 Å². The highest BCUT2D eigenvalue weighted by Crippen LogP contribution is 2.15. The Morgan fingerprint density at radius 1 is 1.80 bits per heavy atom. The van der Waals surface area contributed by atoms with Crippen molar-refractivity contribution in [2.45, 2.75) is 12.8 Å². The van der Waals surface area contributed by atoms with E-state index < -0.39 is 11.9 Å². The predicted molar refractivity (Wildman–Crippen MR) is 57.6 cm³/mol. The second kappa shape index (κ2) is 5.04. The molecular formula is C7H9ClN4O2S. The van der Waals surface area contributed by atoms with Gasteiger partial charge in [-0.3, -0.25) is 9.89 Å². The van der Waals surface area contributed by atoms with Crippen LogP contribution in [0, 0.1) is 0 Å². The van der Waals surface area contributed by atoms with Crippen molar-refractivity contribution in [1.82, 2.24) is 15.2 Å². The summed E-state index contributed by atoms with van der Waals surface area (Å²) in [6.45, 7) is 1.92. The number of halogens is 1. The fourth-order valence-electron chi connectivity index (χ4n) is 0.970. The molecule has 1 atom stereocenters. The average molecular weight is 249 g/mol. The molecule has 1 unspecified atom stereocenters. The molecule has 82 valence electrons. The summed E-state index contributed by atoms with van der Waals surface area (Å²) in [5.41, 5.74) is 5.41. The number of hydrogen-bond acceptors (Lipinski definition) is 5. The smallest absolute Gasteiger partial charge is 0.323 e. The van der Waals surface area contributed by atoms with Crippen LogP contribution in [0.3, 0.4) is 0 Å². The fraction of sp³-hybridized carbons (Fsp3) is 0.429. The van der Waals surface area contributed by atoms with Crippen molar-refractivity contribution < 1.29 is 9.53 Å². The Morgan fingerprint density at radius 3 is 2.87 bits per heavy atom. The number of rotatable bonds is 4. The largest absolute Gasteiger partial charge is 0.465 e. The minimum Gasteiger partial charge on any atom is -0.465 e. The van der Waals surface area contributed by atoms with Crippen molar-refractivity contribution in [3.63, 3.8) is 0 Å². The Labute approximate surface area is 96.2 Å². The third-order valence-corrected chi connectivity index (χ3v) is 1.96. The van der Waals surface area contributed by atoms with Crippen molar-refractivity contribution in [2.75, 3.05) is 6.61 Å². The molecule has 15 heavy (non-hydrogen) atoms. The van der Waals surface area contributed by atoms with Crippen LogP contribution >= 0.6 is 23.8 Å². The maximum absolute atomic E-state index is 11.5. The number of nitrogens with two attached hydrogens (primary N) is 1. The summed E-state index contributed by atoms with van der Waals surface area (Å²) in [6.07, 6.45) is 0. The Kier molecular flexibility index (Phi) is 3.98. The quantitative estimate of drug-likeness (QED) is 0.591. The molecule has 0 spiro atoms. The number of thiocarbonyl (C=S) groups is 1. The van der Waals surface area contributed by atoms with E-state index in [4.69, 9.17) is 34.3 Å². The van der Waals surface area contributed by atoms with E-state index in [0.29, 0.717) is 0 Å². The molecular weight excluding hydrogens is 240 g/mol. The molecule has 0 saturated carbocycles. The second-order valence-electron chi connectivity index (χ2n) is 2.58. The van der Waals surface area contributed by atoms with Gasteiger partial charge in [-0.25, -0.2) is 4.98 Å². The molecule has 0 amide bonds. The second-order valence-corrected chi connectivity index (χ2v) is 3.39. The van der Waals surface area contributed by atoms with Crippen LogP contribution in [0.4, 0.5) is 0 Å². The van der Waals surface area contributed by atoms with E-state index in [1.807, 2.05) is 0 Å². The van der Waals surface area contributed by atoms with E-state index in [9.17, 15) is 4.79 Å². The summed E-state index contributed by atoms with van der Waals surface area (Å²) in [5.74, 6) is -1.32. The standard InChI is InChI=1S/C7H9ClN4O2S/c1-2-14-6(13)3(4(9)15)5-10-7(8)12-11-5/h3H,2H2,1H3,(H2,9,15)(H,10,11,12). The first-order valence-electron chi connectivity index (χ1n) is 4.10. The Balaban J connectivity index is 2.93. The summed E-state index contributed by atoms with van der Waals surface area (Å²) in [7, 11) is 0. The Bertz CT molecular complexity index is 381. The number of carbonyl (C=O) groups is 1. The average Bonchev–Trinajstić information content (AvgIpc) is 2.51. The van der Waals surface area contributed by atoms with Crippen molar-refractivity contribution in [2.24, 2.45) is 5.73 Å². The zero-order chi connectivity index (χ0) is 11.4. The van der Waals surface area contributed by atoms with E-state index in [2.05, 4.69) is 15.2 Å². The number of hydrogen-bond donors (Lipinski definition) is 2. The maximum atomic E-state index is 11.5. The van der Waals surface area contributed by atoms with Gasteiger partial charge in [-0.2, -0.15) is 0 Å². The number of nitrogens with zero attached hydrogens (tertiary/aromatic N) is 2. The van der Waals surface area contributed by atoms with Crippen LogP contribution in [0.25, 0.3) is 0 Å². The molecule has 0 aliphatic rings. The fourth-order valence-corrected chi connectivity index (χ4v) is 1.31.